The standard InChI is InChI=1S/C13H23N3/c1-6-14-12(13(3,4)5)9-11-10(2)15-7-8-16-11/h7-8,12,14H,6,9H2,1-5H3. The quantitative estimate of drug-likeness (QED) is 0.848. The molecule has 0 aliphatic heterocycles. The Hall–Kier alpha value is -0.960. The lowest BCUT2D eigenvalue weighted by Crippen LogP contribution is -2.42. The Kier molecular flexibility index (Phi) is 4.42. The molecule has 16 heavy (non-hydrogen) atoms. The van der Waals surface area contributed by atoms with Gasteiger partial charge in [-0.15, -0.1) is 0 Å². The highest BCUT2D eigenvalue weighted by Crippen LogP contribution is 2.22. The van der Waals surface area contributed by atoms with E-state index in [2.05, 4.69) is 43.0 Å². The predicted molar refractivity (Wildman–Crippen MR) is 67.4 cm³/mol. The Labute approximate surface area is 98.7 Å². The number of likely N-dealkylation sites (N-methyl/N-ethyl adjacent to an activating group) is 1. The Morgan fingerprint density at radius 3 is 2.38 bits per heavy atom. The van der Waals surface area contributed by atoms with Gasteiger partial charge in [-0.1, -0.05) is 27.7 Å². The number of aryl methyl sites for hydroxylation is 1. The van der Waals surface area contributed by atoms with Crippen LogP contribution in [0, 0.1) is 12.3 Å². The van der Waals surface area contributed by atoms with E-state index in [1.807, 2.05) is 6.92 Å². The van der Waals surface area contributed by atoms with Crippen LogP contribution in [0.4, 0.5) is 0 Å². The van der Waals surface area contributed by atoms with Gasteiger partial charge in [0.1, 0.15) is 0 Å². The average Bonchev–Trinajstić information content (AvgIpc) is 2.19. The highest BCUT2D eigenvalue weighted by molar-refractivity contribution is 5.10. The van der Waals surface area contributed by atoms with E-state index in [1.54, 1.807) is 12.4 Å². The lowest BCUT2D eigenvalue weighted by molar-refractivity contribution is 0.268. The molecule has 3 heteroatoms. The summed E-state index contributed by atoms with van der Waals surface area (Å²) >= 11 is 0. The zero-order valence-electron chi connectivity index (χ0n) is 11.0. The minimum atomic E-state index is 0.236. The monoisotopic (exact) mass is 221 g/mol. The lowest BCUT2D eigenvalue weighted by Gasteiger charge is -2.31. The first kappa shape index (κ1) is 13.1. The van der Waals surface area contributed by atoms with Crippen LogP contribution < -0.4 is 5.32 Å². The Balaban J connectivity index is 2.80. The Bertz CT molecular complexity index is 328. The number of rotatable bonds is 4. The average molecular weight is 221 g/mol. The van der Waals surface area contributed by atoms with Crippen LogP contribution in [0.25, 0.3) is 0 Å². The maximum atomic E-state index is 4.41. The third-order valence-corrected chi connectivity index (χ3v) is 2.88. The molecule has 3 nitrogen and oxygen atoms in total. The molecule has 90 valence electrons. The van der Waals surface area contributed by atoms with E-state index in [-0.39, 0.29) is 5.41 Å². The Morgan fingerprint density at radius 2 is 1.88 bits per heavy atom. The number of nitrogens with one attached hydrogen (secondary N) is 1. The third kappa shape index (κ3) is 3.56. The molecule has 0 radical (unpaired) electrons. The van der Waals surface area contributed by atoms with Crippen LogP contribution in [0.1, 0.15) is 39.1 Å². The van der Waals surface area contributed by atoms with Crippen LogP contribution >= 0.6 is 0 Å². The molecule has 0 saturated carbocycles. The predicted octanol–water partition coefficient (Wildman–Crippen LogP) is 2.35. The number of nitrogens with zero attached hydrogens (tertiary/aromatic N) is 2. The van der Waals surface area contributed by atoms with Crippen molar-refractivity contribution in [3.8, 4) is 0 Å². The second-order valence-electron chi connectivity index (χ2n) is 5.27. The fourth-order valence-electron chi connectivity index (χ4n) is 1.76. The summed E-state index contributed by atoms with van der Waals surface area (Å²) in [6, 6.07) is 0.438. The SMILES string of the molecule is CCNC(Cc1nccnc1C)C(C)(C)C. The van der Waals surface area contributed by atoms with E-state index in [4.69, 9.17) is 0 Å². The highest BCUT2D eigenvalue weighted by Gasteiger charge is 2.24. The Morgan fingerprint density at radius 1 is 1.25 bits per heavy atom. The fourth-order valence-corrected chi connectivity index (χ4v) is 1.76. The zero-order chi connectivity index (χ0) is 12.2. The summed E-state index contributed by atoms with van der Waals surface area (Å²) < 4.78 is 0. The smallest absolute Gasteiger partial charge is 0.0631 e. The first-order chi connectivity index (χ1) is 7.45. The van der Waals surface area contributed by atoms with E-state index in [0.717, 1.165) is 24.4 Å². The van der Waals surface area contributed by atoms with E-state index in [9.17, 15) is 0 Å². The molecule has 0 aliphatic carbocycles. The molecule has 1 rings (SSSR count). The van der Waals surface area contributed by atoms with E-state index in [0.29, 0.717) is 6.04 Å². The largest absolute Gasteiger partial charge is 0.313 e. The van der Waals surface area contributed by atoms with Gasteiger partial charge in [-0.3, -0.25) is 9.97 Å². The van der Waals surface area contributed by atoms with Gasteiger partial charge in [0.2, 0.25) is 0 Å². The molecule has 1 aromatic heterocycles. The lowest BCUT2D eigenvalue weighted by atomic mass is 9.83. The summed E-state index contributed by atoms with van der Waals surface area (Å²) in [7, 11) is 0. The summed E-state index contributed by atoms with van der Waals surface area (Å²) in [6.45, 7) is 11.9. The van der Waals surface area contributed by atoms with Crippen molar-refractivity contribution in [3.63, 3.8) is 0 Å². The topological polar surface area (TPSA) is 37.8 Å². The van der Waals surface area contributed by atoms with Gasteiger partial charge in [0.15, 0.2) is 0 Å². The molecule has 0 fully saturated rings. The molecule has 0 aliphatic rings. The van der Waals surface area contributed by atoms with Crippen molar-refractivity contribution in [3.05, 3.63) is 23.8 Å². The van der Waals surface area contributed by atoms with Crippen molar-refractivity contribution in [2.45, 2.75) is 47.1 Å². The molecule has 1 heterocycles. The van der Waals surface area contributed by atoms with Gasteiger partial charge in [-0.25, -0.2) is 0 Å². The molecule has 1 atom stereocenters. The van der Waals surface area contributed by atoms with Gasteiger partial charge in [0, 0.05) is 24.9 Å². The molecule has 0 aromatic carbocycles. The van der Waals surface area contributed by atoms with Gasteiger partial charge in [0.05, 0.1) is 11.4 Å². The maximum absolute atomic E-state index is 4.41. The van der Waals surface area contributed by atoms with Crippen molar-refractivity contribution < 1.29 is 0 Å². The first-order valence-electron chi connectivity index (χ1n) is 5.95. The third-order valence-electron chi connectivity index (χ3n) is 2.88. The fraction of sp³-hybridized carbons (Fsp3) is 0.692. The van der Waals surface area contributed by atoms with Crippen molar-refractivity contribution in [2.75, 3.05) is 6.54 Å². The number of aromatic nitrogens is 2. The van der Waals surface area contributed by atoms with Crippen LogP contribution in [0.3, 0.4) is 0 Å². The van der Waals surface area contributed by atoms with E-state index < -0.39 is 0 Å². The van der Waals surface area contributed by atoms with Crippen LogP contribution in [-0.4, -0.2) is 22.6 Å². The first-order valence-corrected chi connectivity index (χ1v) is 5.95. The maximum Gasteiger partial charge on any atom is 0.0631 e. The van der Waals surface area contributed by atoms with Crippen molar-refractivity contribution >= 4 is 0 Å². The van der Waals surface area contributed by atoms with Gasteiger partial charge in [-0.05, 0) is 18.9 Å². The highest BCUT2D eigenvalue weighted by atomic mass is 14.9. The summed E-state index contributed by atoms with van der Waals surface area (Å²) in [5.74, 6) is 0. The van der Waals surface area contributed by atoms with E-state index in [1.165, 1.54) is 0 Å². The molecule has 1 aromatic rings. The van der Waals surface area contributed by atoms with Gasteiger partial charge < -0.3 is 5.32 Å². The summed E-state index contributed by atoms with van der Waals surface area (Å²) in [4.78, 5) is 8.70. The van der Waals surface area contributed by atoms with E-state index >= 15 is 0 Å². The second-order valence-corrected chi connectivity index (χ2v) is 5.27. The van der Waals surface area contributed by atoms with Gasteiger partial charge in [0.25, 0.3) is 0 Å². The molecule has 1 N–H and O–H groups in total. The van der Waals surface area contributed by atoms with Crippen molar-refractivity contribution in [2.24, 2.45) is 5.41 Å². The molecular formula is C13H23N3. The minimum absolute atomic E-state index is 0.236. The second kappa shape index (κ2) is 5.39. The van der Waals surface area contributed by atoms with Crippen molar-refractivity contribution in [1.82, 2.24) is 15.3 Å². The molecule has 0 saturated heterocycles. The van der Waals surface area contributed by atoms with Crippen LogP contribution in [0.15, 0.2) is 12.4 Å². The van der Waals surface area contributed by atoms with Gasteiger partial charge in [-0.2, -0.15) is 0 Å². The minimum Gasteiger partial charge on any atom is -0.313 e. The number of hydrogen-bond donors (Lipinski definition) is 1. The van der Waals surface area contributed by atoms with Crippen molar-refractivity contribution in [1.29, 1.82) is 0 Å². The molecule has 0 spiro atoms. The summed E-state index contributed by atoms with van der Waals surface area (Å²) in [6.07, 6.45) is 4.46. The number of hydrogen-bond acceptors (Lipinski definition) is 3. The van der Waals surface area contributed by atoms with Crippen LogP contribution in [0.2, 0.25) is 0 Å². The summed E-state index contributed by atoms with van der Waals surface area (Å²) in [5.41, 5.74) is 2.37. The van der Waals surface area contributed by atoms with Crippen LogP contribution in [-0.2, 0) is 6.42 Å². The molecule has 0 amide bonds. The normalized spacial score (nSPS) is 13.8. The van der Waals surface area contributed by atoms with Crippen LogP contribution in [0.5, 0.6) is 0 Å². The molecule has 1 unspecified atom stereocenters. The van der Waals surface area contributed by atoms with Gasteiger partial charge >= 0.3 is 0 Å². The summed E-state index contributed by atoms with van der Waals surface area (Å²) in [5, 5.41) is 3.53. The molecular weight excluding hydrogens is 198 g/mol. The molecule has 0 bridgehead atoms. The zero-order valence-corrected chi connectivity index (χ0v) is 11.0.